The van der Waals surface area contributed by atoms with E-state index in [2.05, 4.69) is 4.98 Å². The van der Waals surface area contributed by atoms with Crippen LogP contribution in [0.3, 0.4) is 0 Å². The molecule has 1 N–H and O–H groups in total. The van der Waals surface area contributed by atoms with Crippen LogP contribution < -0.4 is 4.90 Å². The summed E-state index contributed by atoms with van der Waals surface area (Å²) in [6, 6.07) is 8.04. The van der Waals surface area contributed by atoms with Crippen LogP contribution in [0.15, 0.2) is 36.5 Å². The van der Waals surface area contributed by atoms with E-state index in [0.717, 1.165) is 6.07 Å². The molecule has 5 nitrogen and oxygen atoms in total. The van der Waals surface area contributed by atoms with Crippen molar-refractivity contribution in [2.75, 3.05) is 4.90 Å². The van der Waals surface area contributed by atoms with E-state index in [1.165, 1.54) is 30.5 Å². The number of halogens is 4. The summed E-state index contributed by atoms with van der Waals surface area (Å²) in [5.74, 6) is -5.71. The second-order valence-corrected chi connectivity index (χ2v) is 5.60. The summed E-state index contributed by atoms with van der Waals surface area (Å²) in [5.41, 5.74) is -1.77. The maximum Gasteiger partial charge on any atom is 0.352 e. The van der Waals surface area contributed by atoms with Gasteiger partial charge in [-0.15, -0.1) is 0 Å². The number of benzene rings is 1. The Morgan fingerprint density at radius 2 is 2.00 bits per heavy atom. The second kappa shape index (κ2) is 6.38. The zero-order chi connectivity index (χ0) is 19.1. The summed E-state index contributed by atoms with van der Waals surface area (Å²) in [4.78, 5) is 16.8. The molecule has 1 aliphatic heterocycles. The topological polar surface area (TPSA) is 77.2 Å². The zero-order valence-electron chi connectivity index (χ0n) is 13.0. The van der Waals surface area contributed by atoms with Crippen molar-refractivity contribution in [1.82, 2.24) is 4.98 Å². The molecule has 1 aromatic carbocycles. The predicted octanol–water partition coefficient (Wildman–Crippen LogP) is 2.89. The number of anilines is 1. The molecule has 1 unspecified atom stereocenters. The smallest absolute Gasteiger partial charge is 0.352 e. The van der Waals surface area contributed by atoms with Gasteiger partial charge >= 0.3 is 11.8 Å². The number of hydrogen-bond donors (Lipinski definition) is 1. The molecule has 0 fully saturated rings. The van der Waals surface area contributed by atoms with Gasteiger partial charge in [-0.25, -0.2) is 8.78 Å². The van der Waals surface area contributed by atoms with Crippen LogP contribution in [0.5, 0.6) is 0 Å². The Bertz CT molecular complexity index is 911. The normalized spacial score (nSPS) is 16.5. The lowest BCUT2D eigenvalue weighted by Gasteiger charge is -2.18. The molecule has 9 heteroatoms. The van der Waals surface area contributed by atoms with E-state index >= 15 is 0 Å². The van der Waals surface area contributed by atoms with E-state index in [-0.39, 0.29) is 16.9 Å². The molecule has 0 radical (unpaired) electrons. The van der Waals surface area contributed by atoms with Gasteiger partial charge in [0, 0.05) is 6.20 Å². The van der Waals surface area contributed by atoms with Crippen molar-refractivity contribution in [3.05, 3.63) is 58.9 Å². The van der Waals surface area contributed by atoms with Gasteiger partial charge in [0.25, 0.3) is 6.43 Å². The number of amides is 1. The number of hydrogen-bond acceptors (Lipinski definition) is 4. The summed E-state index contributed by atoms with van der Waals surface area (Å²) in [6.07, 6.45) is -4.40. The lowest BCUT2D eigenvalue weighted by molar-refractivity contribution is -0.142. The fraction of sp³-hybridized carbons (Fsp3) is 0.235. The number of carbonyl (C=O) groups is 1. The maximum absolute atomic E-state index is 14.5. The Hall–Kier alpha value is -2.99. The van der Waals surface area contributed by atoms with Gasteiger partial charge in [0.15, 0.2) is 0 Å². The summed E-state index contributed by atoms with van der Waals surface area (Å²) in [6.45, 7) is -0.431. The summed E-state index contributed by atoms with van der Waals surface area (Å²) in [7, 11) is 0. The van der Waals surface area contributed by atoms with E-state index < -0.39 is 42.0 Å². The standard InChI is InChI=1S/C17H11F4N3O2/c18-15(19)14(25)10-4-1-5-12-13(10)17(20,21)16(26)24(12)8-11-9(7-22)3-2-6-23-11/h1-6,14-15,25H,8H2. The Labute approximate surface area is 145 Å². The van der Waals surface area contributed by atoms with E-state index in [0.29, 0.717) is 4.90 Å². The van der Waals surface area contributed by atoms with Gasteiger partial charge < -0.3 is 10.0 Å². The number of nitrogens with zero attached hydrogens (tertiary/aromatic N) is 3. The molecular formula is C17H11F4N3O2. The molecule has 1 amide bonds. The van der Waals surface area contributed by atoms with Gasteiger partial charge in [-0.1, -0.05) is 12.1 Å². The van der Waals surface area contributed by atoms with Gasteiger partial charge in [-0.3, -0.25) is 9.78 Å². The van der Waals surface area contributed by atoms with Crippen molar-refractivity contribution >= 4 is 11.6 Å². The fourth-order valence-corrected chi connectivity index (χ4v) is 2.87. The van der Waals surface area contributed by atoms with Crippen molar-refractivity contribution in [3.63, 3.8) is 0 Å². The third-order valence-corrected chi connectivity index (χ3v) is 4.07. The third-order valence-electron chi connectivity index (χ3n) is 4.07. The highest BCUT2D eigenvalue weighted by atomic mass is 19.3. The highest BCUT2D eigenvalue weighted by Crippen LogP contribution is 2.48. The number of nitriles is 1. The Balaban J connectivity index is 2.11. The number of rotatable bonds is 4. The molecule has 3 rings (SSSR count). The number of carbonyl (C=O) groups excluding carboxylic acids is 1. The molecule has 0 spiro atoms. The molecule has 134 valence electrons. The monoisotopic (exact) mass is 365 g/mol. The Morgan fingerprint density at radius 1 is 1.27 bits per heavy atom. The molecule has 26 heavy (non-hydrogen) atoms. The molecule has 2 aromatic rings. The van der Waals surface area contributed by atoms with Gasteiger partial charge in [-0.05, 0) is 23.8 Å². The largest absolute Gasteiger partial charge is 0.382 e. The Kier molecular flexibility index (Phi) is 4.38. The first-order valence-electron chi connectivity index (χ1n) is 7.42. The van der Waals surface area contributed by atoms with Crippen molar-refractivity contribution in [3.8, 4) is 6.07 Å². The van der Waals surface area contributed by atoms with Gasteiger partial charge in [-0.2, -0.15) is 14.0 Å². The van der Waals surface area contributed by atoms with Crippen molar-refractivity contribution in [2.45, 2.75) is 25.0 Å². The average molecular weight is 365 g/mol. The van der Waals surface area contributed by atoms with Crippen molar-refractivity contribution in [2.24, 2.45) is 0 Å². The van der Waals surface area contributed by atoms with Crippen LogP contribution in [0.4, 0.5) is 23.2 Å². The minimum absolute atomic E-state index is 0.0896. The molecule has 1 aromatic heterocycles. The highest BCUT2D eigenvalue weighted by Gasteiger charge is 2.55. The lowest BCUT2D eigenvalue weighted by atomic mass is 9.98. The van der Waals surface area contributed by atoms with Crippen LogP contribution in [0, 0.1) is 11.3 Å². The van der Waals surface area contributed by atoms with Gasteiger partial charge in [0.1, 0.15) is 12.2 Å². The van der Waals surface area contributed by atoms with E-state index in [1.807, 2.05) is 6.07 Å². The first-order valence-corrected chi connectivity index (χ1v) is 7.42. The number of fused-ring (bicyclic) bond motifs is 1. The number of pyridine rings is 1. The quantitative estimate of drug-likeness (QED) is 0.846. The molecule has 0 bridgehead atoms. The number of aliphatic hydroxyl groups excluding tert-OH is 1. The van der Waals surface area contributed by atoms with E-state index in [4.69, 9.17) is 5.26 Å². The third kappa shape index (κ3) is 2.68. The van der Waals surface area contributed by atoms with Crippen molar-refractivity contribution < 1.29 is 27.5 Å². The first kappa shape index (κ1) is 17.8. The molecule has 0 saturated carbocycles. The summed E-state index contributed by atoms with van der Waals surface area (Å²) >= 11 is 0. The predicted molar refractivity (Wildman–Crippen MR) is 81.4 cm³/mol. The SMILES string of the molecule is N#Cc1cccnc1CN1C(=O)C(F)(F)c2c(C(O)C(F)F)cccc21. The number of alkyl halides is 4. The fourth-order valence-electron chi connectivity index (χ4n) is 2.87. The van der Waals surface area contributed by atoms with Crippen LogP contribution in [0.1, 0.15) is 28.5 Å². The number of aromatic nitrogens is 1. The van der Waals surface area contributed by atoms with E-state index in [9.17, 15) is 27.5 Å². The summed E-state index contributed by atoms with van der Waals surface area (Å²) in [5, 5.41) is 18.6. The van der Waals surface area contributed by atoms with Gasteiger partial charge in [0.05, 0.1) is 29.1 Å². The van der Waals surface area contributed by atoms with Crippen LogP contribution in [0.25, 0.3) is 0 Å². The van der Waals surface area contributed by atoms with Crippen molar-refractivity contribution in [1.29, 1.82) is 5.26 Å². The van der Waals surface area contributed by atoms with Gasteiger partial charge in [0.2, 0.25) is 0 Å². The minimum atomic E-state index is -4.08. The molecule has 0 saturated heterocycles. The average Bonchev–Trinajstić information content (AvgIpc) is 2.82. The Morgan fingerprint density at radius 3 is 2.65 bits per heavy atom. The van der Waals surface area contributed by atoms with Crippen LogP contribution in [0.2, 0.25) is 0 Å². The highest BCUT2D eigenvalue weighted by molar-refractivity contribution is 6.06. The van der Waals surface area contributed by atoms with Crippen LogP contribution in [-0.2, 0) is 17.3 Å². The molecular weight excluding hydrogens is 354 g/mol. The molecule has 0 aliphatic carbocycles. The molecule has 2 heterocycles. The molecule has 1 aliphatic rings. The number of aliphatic hydroxyl groups is 1. The maximum atomic E-state index is 14.5. The van der Waals surface area contributed by atoms with E-state index in [1.54, 1.807) is 0 Å². The molecule has 1 atom stereocenters. The lowest BCUT2D eigenvalue weighted by Crippen LogP contribution is -2.34. The minimum Gasteiger partial charge on any atom is -0.382 e. The van der Waals surface area contributed by atoms with Crippen LogP contribution in [-0.4, -0.2) is 22.4 Å². The first-order chi connectivity index (χ1) is 12.3. The summed E-state index contributed by atoms with van der Waals surface area (Å²) < 4.78 is 54.7. The van der Waals surface area contributed by atoms with Crippen LogP contribution >= 0.6 is 0 Å². The zero-order valence-corrected chi connectivity index (χ0v) is 13.0. The second-order valence-electron chi connectivity index (χ2n) is 5.60.